The second kappa shape index (κ2) is 4.61. The zero-order valence-corrected chi connectivity index (χ0v) is 9.13. The van der Waals surface area contributed by atoms with Crippen LogP contribution in [-0.4, -0.2) is 19.6 Å². The Kier molecular flexibility index (Phi) is 3.19. The smallest absolute Gasteiger partial charge is 0.338 e. The predicted molar refractivity (Wildman–Crippen MR) is 57.7 cm³/mol. The van der Waals surface area contributed by atoms with E-state index in [1.807, 2.05) is 0 Å². The number of benzene rings is 1. The molecule has 0 amide bonds. The Morgan fingerprint density at radius 2 is 2.38 bits per heavy atom. The number of esters is 1. The highest BCUT2D eigenvalue weighted by atomic mass is 19.1. The van der Waals surface area contributed by atoms with E-state index in [4.69, 9.17) is 0 Å². The maximum absolute atomic E-state index is 13.2. The predicted octanol–water partition coefficient (Wildman–Crippen LogP) is 2.04. The lowest BCUT2D eigenvalue weighted by Crippen LogP contribution is -2.17. The largest absolute Gasteiger partial charge is 0.465 e. The third-order valence-electron chi connectivity index (χ3n) is 2.85. The number of hydrogen-bond donors (Lipinski definition) is 1. The number of ether oxygens (including phenoxy) is 1. The van der Waals surface area contributed by atoms with Gasteiger partial charge < -0.3 is 10.1 Å². The zero-order valence-electron chi connectivity index (χ0n) is 9.13. The minimum Gasteiger partial charge on any atom is -0.465 e. The van der Waals surface area contributed by atoms with Crippen molar-refractivity contribution in [3.05, 3.63) is 35.1 Å². The Labute approximate surface area is 93.6 Å². The molecule has 1 aliphatic heterocycles. The molecule has 1 aromatic rings. The van der Waals surface area contributed by atoms with E-state index < -0.39 is 5.97 Å². The van der Waals surface area contributed by atoms with Gasteiger partial charge in [-0.15, -0.1) is 0 Å². The van der Waals surface area contributed by atoms with Gasteiger partial charge in [-0.1, -0.05) is 0 Å². The summed E-state index contributed by atoms with van der Waals surface area (Å²) in [5.41, 5.74) is 1.15. The summed E-state index contributed by atoms with van der Waals surface area (Å²) in [7, 11) is 1.33. The van der Waals surface area contributed by atoms with Crippen LogP contribution in [0, 0.1) is 5.82 Å². The lowest BCUT2D eigenvalue weighted by Gasteiger charge is -2.14. The molecule has 1 saturated heterocycles. The number of hydrogen-bond acceptors (Lipinski definition) is 3. The monoisotopic (exact) mass is 223 g/mol. The standard InChI is InChI=1S/C12H14FNO2/c1-16-12(15)9-5-4-8(13)7-10(9)11-3-2-6-14-11/h4-5,7,11,14H,2-3,6H2,1H3/t11-/m1/s1. The van der Waals surface area contributed by atoms with Gasteiger partial charge in [0.1, 0.15) is 5.82 Å². The first kappa shape index (κ1) is 11.1. The third kappa shape index (κ3) is 2.07. The van der Waals surface area contributed by atoms with E-state index in [1.165, 1.54) is 25.3 Å². The lowest BCUT2D eigenvalue weighted by atomic mass is 9.99. The van der Waals surface area contributed by atoms with E-state index in [2.05, 4.69) is 10.1 Å². The lowest BCUT2D eigenvalue weighted by molar-refractivity contribution is 0.0598. The Morgan fingerprint density at radius 1 is 1.56 bits per heavy atom. The molecule has 16 heavy (non-hydrogen) atoms. The van der Waals surface area contributed by atoms with Crippen molar-refractivity contribution in [1.29, 1.82) is 0 Å². The molecule has 86 valence electrons. The molecule has 2 rings (SSSR count). The first-order chi connectivity index (χ1) is 7.72. The first-order valence-electron chi connectivity index (χ1n) is 5.33. The van der Waals surface area contributed by atoms with Crippen LogP contribution in [0.5, 0.6) is 0 Å². The fourth-order valence-corrected chi connectivity index (χ4v) is 2.07. The normalized spacial score (nSPS) is 19.8. The minimum atomic E-state index is -0.413. The van der Waals surface area contributed by atoms with Crippen LogP contribution in [0.25, 0.3) is 0 Å². The van der Waals surface area contributed by atoms with Crippen LogP contribution in [0.4, 0.5) is 4.39 Å². The molecule has 0 spiro atoms. The van der Waals surface area contributed by atoms with Crippen LogP contribution in [0.15, 0.2) is 18.2 Å². The fraction of sp³-hybridized carbons (Fsp3) is 0.417. The molecule has 0 bridgehead atoms. The fourth-order valence-electron chi connectivity index (χ4n) is 2.07. The van der Waals surface area contributed by atoms with Gasteiger partial charge in [0, 0.05) is 6.04 Å². The highest BCUT2D eigenvalue weighted by Crippen LogP contribution is 2.27. The minimum absolute atomic E-state index is 0.0600. The SMILES string of the molecule is COC(=O)c1ccc(F)cc1[C@H]1CCCN1. The van der Waals surface area contributed by atoms with E-state index >= 15 is 0 Å². The number of rotatable bonds is 2. The highest BCUT2D eigenvalue weighted by molar-refractivity contribution is 5.91. The van der Waals surface area contributed by atoms with Crippen molar-refractivity contribution in [1.82, 2.24) is 5.32 Å². The van der Waals surface area contributed by atoms with E-state index in [0.717, 1.165) is 19.4 Å². The maximum Gasteiger partial charge on any atom is 0.338 e. The van der Waals surface area contributed by atoms with E-state index in [1.54, 1.807) is 0 Å². The Bertz CT molecular complexity index is 400. The van der Waals surface area contributed by atoms with Gasteiger partial charge in [-0.3, -0.25) is 0 Å². The topological polar surface area (TPSA) is 38.3 Å². The molecule has 1 fully saturated rings. The van der Waals surface area contributed by atoms with Gasteiger partial charge in [-0.05, 0) is 43.1 Å². The summed E-state index contributed by atoms with van der Waals surface area (Å²) in [6.45, 7) is 0.905. The summed E-state index contributed by atoms with van der Waals surface area (Å²) in [6, 6.07) is 4.24. The molecular formula is C12H14FNO2. The Hall–Kier alpha value is -1.42. The molecule has 0 saturated carbocycles. The van der Waals surface area contributed by atoms with Crippen molar-refractivity contribution in [2.24, 2.45) is 0 Å². The van der Waals surface area contributed by atoms with E-state index in [0.29, 0.717) is 11.1 Å². The Balaban J connectivity index is 2.39. The van der Waals surface area contributed by atoms with Crippen LogP contribution in [0.3, 0.4) is 0 Å². The van der Waals surface area contributed by atoms with Crippen LogP contribution in [-0.2, 0) is 4.74 Å². The average molecular weight is 223 g/mol. The molecule has 0 radical (unpaired) electrons. The summed E-state index contributed by atoms with van der Waals surface area (Å²) in [6.07, 6.45) is 1.97. The van der Waals surface area contributed by atoms with E-state index in [9.17, 15) is 9.18 Å². The molecule has 1 N–H and O–H groups in total. The van der Waals surface area contributed by atoms with Gasteiger partial charge in [0.25, 0.3) is 0 Å². The van der Waals surface area contributed by atoms with Crippen molar-refractivity contribution >= 4 is 5.97 Å². The van der Waals surface area contributed by atoms with Crippen LogP contribution < -0.4 is 5.32 Å². The van der Waals surface area contributed by atoms with Crippen molar-refractivity contribution in [3.8, 4) is 0 Å². The summed E-state index contributed by atoms with van der Waals surface area (Å²) in [5, 5.41) is 3.25. The van der Waals surface area contributed by atoms with Crippen LogP contribution >= 0.6 is 0 Å². The Morgan fingerprint density at radius 3 is 3.00 bits per heavy atom. The van der Waals surface area contributed by atoms with Crippen LogP contribution in [0.1, 0.15) is 34.8 Å². The average Bonchev–Trinajstić information content (AvgIpc) is 2.81. The summed E-state index contributed by atoms with van der Waals surface area (Å²) in [4.78, 5) is 11.5. The second-order valence-electron chi connectivity index (χ2n) is 3.87. The van der Waals surface area contributed by atoms with Gasteiger partial charge >= 0.3 is 5.97 Å². The molecule has 0 aliphatic carbocycles. The maximum atomic E-state index is 13.2. The molecule has 0 unspecified atom stereocenters. The summed E-state index contributed by atoms with van der Waals surface area (Å²) >= 11 is 0. The third-order valence-corrected chi connectivity index (χ3v) is 2.85. The van der Waals surface area contributed by atoms with Gasteiger partial charge in [0.15, 0.2) is 0 Å². The van der Waals surface area contributed by atoms with Crippen molar-refractivity contribution in [2.75, 3.05) is 13.7 Å². The number of carbonyl (C=O) groups is 1. The van der Waals surface area contributed by atoms with Crippen LogP contribution in [0.2, 0.25) is 0 Å². The zero-order chi connectivity index (χ0) is 11.5. The molecular weight excluding hydrogens is 209 g/mol. The molecule has 1 aliphatic rings. The molecule has 1 aromatic carbocycles. The van der Waals surface area contributed by atoms with Crippen molar-refractivity contribution in [2.45, 2.75) is 18.9 Å². The van der Waals surface area contributed by atoms with Gasteiger partial charge in [-0.2, -0.15) is 0 Å². The molecule has 0 aromatic heterocycles. The summed E-state index contributed by atoms with van der Waals surface area (Å²) in [5.74, 6) is -0.736. The molecule has 1 atom stereocenters. The van der Waals surface area contributed by atoms with Crippen molar-refractivity contribution < 1.29 is 13.9 Å². The highest BCUT2D eigenvalue weighted by Gasteiger charge is 2.22. The number of nitrogens with one attached hydrogen (secondary N) is 1. The van der Waals surface area contributed by atoms with E-state index in [-0.39, 0.29) is 11.9 Å². The van der Waals surface area contributed by atoms with Crippen molar-refractivity contribution in [3.63, 3.8) is 0 Å². The van der Waals surface area contributed by atoms with Gasteiger partial charge in [0.05, 0.1) is 12.7 Å². The number of carbonyl (C=O) groups excluding carboxylic acids is 1. The molecule has 3 nitrogen and oxygen atoms in total. The molecule has 4 heteroatoms. The van der Waals surface area contributed by atoms with Gasteiger partial charge in [-0.25, -0.2) is 9.18 Å². The number of halogens is 1. The number of methoxy groups -OCH3 is 1. The summed E-state index contributed by atoms with van der Waals surface area (Å²) < 4.78 is 17.9. The van der Waals surface area contributed by atoms with Gasteiger partial charge in [0.2, 0.25) is 0 Å². The first-order valence-corrected chi connectivity index (χ1v) is 5.33. The quantitative estimate of drug-likeness (QED) is 0.780. The second-order valence-corrected chi connectivity index (χ2v) is 3.87. The molecule has 1 heterocycles.